The third-order valence-electron chi connectivity index (χ3n) is 3.16. The van der Waals surface area contributed by atoms with E-state index in [4.69, 9.17) is 11.6 Å². The summed E-state index contributed by atoms with van der Waals surface area (Å²) in [6.07, 6.45) is 2.71. The molecular formula is C21H27ClSi2. The van der Waals surface area contributed by atoms with Gasteiger partial charge in [-0.3, -0.25) is 0 Å². The van der Waals surface area contributed by atoms with Crippen molar-refractivity contribution in [1.82, 2.24) is 0 Å². The van der Waals surface area contributed by atoms with Crippen molar-refractivity contribution in [2.75, 3.05) is 0 Å². The third kappa shape index (κ3) is 7.41. The van der Waals surface area contributed by atoms with Crippen LogP contribution in [0.2, 0.25) is 44.3 Å². The van der Waals surface area contributed by atoms with Crippen LogP contribution in [0.4, 0.5) is 0 Å². The number of allylic oxidation sites excluding steroid dienone is 3. The summed E-state index contributed by atoms with van der Waals surface area (Å²) in [6, 6.07) is 7.66. The molecule has 126 valence electrons. The van der Waals surface area contributed by atoms with Gasteiger partial charge in [-0.25, -0.2) is 0 Å². The Kier molecular flexibility index (Phi) is 7.36. The molecule has 0 aliphatic carbocycles. The van der Waals surface area contributed by atoms with Gasteiger partial charge in [0.1, 0.15) is 8.07 Å². The largest absolute Gasteiger partial charge is 0.129 e. The summed E-state index contributed by atoms with van der Waals surface area (Å²) in [4.78, 5) is 0. The van der Waals surface area contributed by atoms with E-state index in [2.05, 4.69) is 69.2 Å². The van der Waals surface area contributed by atoms with Crippen molar-refractivity contribution in [2.45, 2.75) is 45.7 Å². The smallest absolute Gasteiger partial charge is 0.127 e. The van der Waals surface area contributed by atoms with Gasteiger partial charge in [0.2, 0.25) is 0 Å². The minimum Gasteiger partial charge on any atom is -0.127 e. The first-order valence-electron chi connectivity index (χ1n) is 8.18. The maximum Gasteiger partial charge on any atom is 0.129 e. The Morgan fingerprint density at radius 1 is 1.04 bits per heavy atom. The molecule has 1 aromatic carbocycles. The Labute approximate surface area is 155 Å². The van der Waals surface area contributed by atoms with Crippen molar-refractivity contribution in [3.63, 3.8) is 0 Å². The van der Waals surface area contributed by atoms with Crippen LogP contribution in [-0.2, 0) is 0 Å². The number of rotatable bonds is 3. The maximum atomic E-state index is 5.95. The Morgan fingerprint density at radius 3 is 2.08 bits per heavy atom. The van der Waals surface area contributed by atoms with Crippen molar-refractivity contribution >= 4 is 27.7 Å². The van der Waals surface area contributed by atoms with Crippen molar-refractivity contribution in [1.29, 1.82) is 0 Å². The first-order chi connectivity index (χ1) is 11.0. The summed E-state index contributed by atoms with van der Waals surface area (Å²) in [5.74, 6) is 10.2. The van der Waals surface area contributed by atoms with Crippen molar-refractivity contribution in [3.8, 4) is 23.3 Å². The van der Waals surface area contributed by atoms with E-state index in [0.29, 0.717) is 0 Å². The van der Waals surface area contributed by atoms with Gasteiger partial charge in [0.05, 0.1) is 8.07 Å². The maximum absolute atomic E-state index is 5.95. The van der Waals surface area contributed by atoms with Crippen LogP contribution in [0.5, 0.6) is 0 Å². The fraction of sp³-hybridized carbons (Fsp3) is 0.333. The molecule has 24 heavy (non-hydrogen) atoms. The van der Waals surface area contributed by atoms with Crippen LogP contribution in [-0.4, -0.2) is 16.1 Å². The molecule has 0 heterocycles. The minimum atomic E-state index is -1.60. The molecule has 0 aliphatic heterocycles. The zero-order valence-corrected chi connectivity index (χ0v) is 18.4. The highest BCUT2D eigenvalue weighted by Crippen LogP contribution is 2.21. The Morgan fingerprint density at radius 2 is 1.62 bits per heavy atom. The molecule has 0 N–H and O–H groups in total. The number of hydrogen-bond acceptors (Lipinski definition) is 0. The summed E-state index contributed by atoms with van der Waals surface area (Å²) in [7, 11) is -3.03. The average Bonchev–Trinajstić information content (AvgIpc) is 2.44. The van der Waals surface area contributed by atoms with E-state index in [1.165, 1.54) is 5.20 Å². The van der Waals surface area contributed by atoms with Gasteiger partial charge in [-0.2, -0.15) is 0 Å². The van der Waals surface area contributed by atoms with Crippen molar-refractivity contribution in [2.24, 2.45) is 0 Å². The molecule has 0 saturated carbocycles. The predicted octanol–water partition coefficient (Wildman–Crippen LogP) is 6.32. The summed E-state index contributed by atoms with van der Waals surface area (Å²) in [5, 5.41) is 1.96. The molecular weight excluding hydrogens is 344 g/mol. The molecule has 3 heteroatoms. The second-order valence-electron chi connectivity index (χ2n) is 7.85. The fourth-order valence-electron chi connectivity index (χ4n) is 2.01. The topological polar surface area (TPSA) is 0 Å². The first kappa shape index (κ1) is 20.6. The van der Waals surface area contributed by atoms with E-state index in [-0.39, 0.29) is 0 Å². The van der Waals surface area contributed by atoms with Crippen molar-refractivity contribution in [3.05, 3.63) is 58.3 Å². The van der Waals surface area contributed by atoms with Gasteiger partial charge in [-0.15, -0.1) is 12.1 Å². The van der Waals surface area contributed by atoms with Gasteiger partial charge >= 0.3 is 0 Å². The summed E-state index contributed by atoms with van der Waals surface area (Å²) < 4.78 is 0. The van der Waals surface area contributed by atoms with E-state index < -0.39 is 16.1 Å². The van der Waals surface area contributed by atoms with E-state index in [0.717, 1.165) is 22.6 Å². The Bertz CT molecular complexity index is 734. The first-order valence-corrected chi connectivity index (χ1v) is 15.6. The second kappa shape index (κ2) is 8.59. The van der Waals surface area contributed by atoms with Crippen LogP contribution in [0.25, 0.3) is 0 Å². The molecule has 0 spiro atoms. The van der Waals surface area contributed by atoms with Gasteiger partial charge in [0.15, 0.2) is 0 Å². The zero-order chi connectivity index (χ0) is 18.4. The lowest BCUT2D eigenvalue weighted by Crippen LogP contribution is -2.25. The summed E-state index contributed by atoms with van der Waals surface area (Å²) in [6.45, 7) is 17.6. The number of hydrogen-bond donors (Lipinski definition) is 0. The molecule has 0 unspecified atom stereocenters. The standard InChI is InChI=1S/C21H27ClSi2/c1-8-9-19(16-17-23(2,3)4)21(24(5,6)7)15-12-18-10-13-20(22)14-11-18/h8,10-11,13-14H,1,9H2,2-7H3. The molecule has 0 amide bonds. The van der Waals surface area contributed by atoms with E-state index in [9.17, 15) is 0 Å². The number of halogens is 1. The van der Waals surface area contributed by atoms with E-state index in [1.54, 1.807) is 0 Å². The molecule has 0 aliphatic rings. The van der Waals surface area contributed by atoms with Gasteiger partial charge < -0.3 is 0 Å². The monoisotopic (exact) mass is 370 g/mol. The average molecular weight is 371 g/mol. The summed E-state index contributed by atoms with van der Waals surface area (Å²) in [5.41, 5.74) is 5.61. The van der Waals surface area contributed by atoms with Crippen molar-refractivity contribution < 1.29 is 0 Å². The highest BCUT2D eigenvalue weighted by Gasteiger charge is 2.21. The quantitative estimate of drug-likeness (QED) is 0.331. The van der Waals surface area contributed by atoms with Crippen LogP contribution in [0.15, 0.2) is 47.7 Å². The van der Waals surface area contributed by atoms with Crippen LogP contribution >= 0.6 is 11.6 Å². The van der Waals surface area contributed by atoms with Gasteiger partial charge in [-0.1, -0.05) is 74.7 Å². The van der Waals surface area contributed by atoms with Crippen LogP contribution in [0.3, 0.4) is 0 Å². The Balaban J connectivity index is 3.43. The lowest BCUT2D eigenvalue weighted by atomic mass is 10.1. The molecule has 1 rings (SSSR count). The lowest BCUT2D eigenvalue weighted by molar-refractivity contribution is 1.30. The molecule has 0 aromatic heterocycles. The molecule has 1 aromatic rings. The van der Waals surface area contributed by atoms with Gasteiger partial charge in [0, 0.05) is 16.2 Å². The van der Waals surface area contributed by atoms with Gasteiger partial charge in [-0.05, 0) is 35.9 Å². The Hall–Kier alpha value is -1.46. The van der Waals surface area contributed by atoms with Crippen LogP contribution in [0, 0.1) is 23.3 Å². The second-order valence-corrected chi connectivity index (χ2v) is 18.0. The normalized spacial score (nSPS) is 12.3. The number of benzene rings is 1. The third-order valence-corrected chi connectivity index (χ3v) is 6.22. The van der Waals surface area contributed by atoms with Crippen LogP contribution < -0.4 is 0 Å². The summed E-state index contributed by atoms with van der Waals surface area (Å²) >= 11 is 5.95. The van der Waals surface area contributed by atoms with Crippen LogP contribution in [0.1, 0.15) is 12.0 Å². The molecule has 0 bridgehead atoms. The minimum absolute atomic E-state index is 0.731. The fourth-order valence-corrected chi connectivity index (χ4v) is 4.17. The highest BCUT2D eigenvalue weighted by atomic mass is 35.5. The van der Waals surface area contributed by atoms with E-state index >= 15 is 0 Å². The molecule has 0 radical (unpaired) electrons. The molecule has 0 fully saturated rings. The lowest BCUT2D eigenvalue weighted by Gasteiger charge is -2.18. The molecule has 0 nitrogen and oxygen atoms in total. The van der Waals surface area contributed by atoms with E-state index in [1.807, 2.05) is 30.3 Å². The SMILES string of the molecule is C=CCC(C#C[Si](C)(C)C)=C(C#Cc1ccc(Cl)cc1)[Si](C)(C)C. The zero-order valence-electron chi connectivity index (χ0n) is 15.7. The van der Waals surface area contributed by atoms with Gasteiger partial charge in [0.25, 0.3) is 0 Å². The molecule has 0 atom stereocenters. The predicted molar refractivity (Wildman–Crippen MR) is 115 cm³/mol. The highest BCUT2D eigenvalue weighted by molar-refractivity contribution is 6.85. The molecule has 0 saturated heterocycles.